The van der Waals surface area contributed by atoms with Crippen molar-refractivity contribution in [1.82, 2.24) is 0 Å². The summed E-state index contributed by atoms with van der Waals surface area (Å²) in [5, 5.41) is 73.5. The van der Waals surface area contributed by atoms with Crippen LogP contribution in [0.1, 0.15) is 55.5 Å². The predicted octanol–water partition coefficient (Wildman–Crippen LogP) is 11.1. The van der Waals surface area contributed by atoms with E-state index in [1.807, 2.05) is 89.8 Å². The molecule has 0 aliphatic heterocycles. The fourth-order valence-corrected chi connectivity index (χ4v) is 11.6. The fourth-order valence-electron chi connectivity index (χ4n) is 11.6. The Balaban J connectivity index is 1.13. The number of aromatic hydroxyl groups is 6. The van der Waals surface area contributed by atoms with Crippen LogP contribution in [0, 0.1) is 6.92 Å². The summed E-state index contributed by atoms with van der Waals surface area (Å²) in [6, 6.07) is 44.7. The Morgan fingerprint density at radius 3 is 1.27 bits per heavy atom. The van der Waals surface area contributed by atoms with Gasteiger partial charge in [0.25, 0.3) is 0 Å². The van der Waals surface area contributed by atoms with E-state index in [9.17, 15) is 30.6 Å². The molecule has 0 heterocycles. The van der Waals surface area contributed by atoms with Gasteiger partial charge in [0.1, 0.15) is 35.0 Å². The summed E-state index contributed by atoms with van der Waals surface area (Å²) >= 11 is 0. The van der Waals surface area contributed by atoms with Crippen LogP contribution in [0.2, 0.25) is 0 Å². The van der Waals surface area contributed by atoms with Gasteiger partial charge in [-0.3, -0.25) is 0 Å². The maximum atomic E-state index is 12.0. The van der Waals surface area contributed by atoms with Gasteiger partial charge in [0.05, 0.1) is 11.4 Å². The van der Waals surface area contributed by atoms with Crippen molar-refractivity contribution in [3.63, 3.8) is 0 Å². The first-order valence-electron chi connectivity index (χ1n) is 23.1. The number of hydrogen-bond acceptors (Lipinski definition) is 8. The minimum atomic E-state index is -0.825. The largest absolute Gasteiger partial charge is 0.506 e. The van der Waals surface area contributed by atoms with Gasteiger partial charge in [-0.25, -0.2) is 0 Å². The second-order valence-electron chi connectivity index (χ2n) is 19.7. The Hall–Kier alpha value is -8.17. The molecule has 10 aromatic carbocycles. The number of nitrogens with zero attached hydrogens (tertiary/aromatic N) is 2. The highest BCUT2D eigenvalue weighted by molar-refractivity contribution is 6.47. The average Bonchev–Trinajstić information content (AvgIpc) is 3.74. The zero-order chi connectivity index (χ0) is 49.0. The van der Waals surface area contributed by atoms with Crippen LogP contribution in [0.3, 0.4) is 0 Å². The monoisotopic (exact) mass is 908 g/mol. The number of phenolic OH excluding ortho intramolecular Hbond substituents is 6. The van der Waals surface area contributed by atoms with Crippen molar-refractivity contribution in [2.75, 3.05) is 9.80 Å². The molecule has 12 rings (SSSR count). The van der Waals surface area contributed by atoms with Crippen LogP contribution < -0.4 is 26.2 Å². The number of hydrogen-bond donors (Lipinski definition) is 6. The van der Waals surface area contributed by atoms with Crippen molar-refractivity contribution in [1.29, 1.82) is 0 Å². The molecule has 0 bridgehead atoms. The SMILES string of the molecule is [B]c1c(C)c(O)c(O)c(N(c2ccc3c(c2)C(C)(C)c2ccccc2-3)c2ccc3ccc4c(N(c5ccc6c(c5)C(C)(C)c5ccccc5-6)c5c([B])c(O)c(O)c(O)c5[B])ccc5ccc2c3c54)c1O. The van der Waals surface area contributed by atoms with E-state index in [2.05, 4.69) is 76.2 Å². The minimum Gasteiger partial charge on any atom is -0.506 e. The molecule has 11 heteroatoms. The number of anilines is 6. The van der Waals surface area contributed by atoms with E-state index < -0.39 is 45.3 Å². The normalized spacial score (nSPS) is 14.0. The maximum Gasteiger partial charge on any atom is 0.199 e. The van der Waals surface area contributed by atoms with Crippen LogP contribution in [0.5, 0.6) is 34.5 Å². The molecule has 0 aromatic heterocycles. The summed E-state index contributed by atoms with van der Waals surface area (Å²) in [5.41, 5.74) is 10.1. The van der Waals surface area contributed by atoms with Gasteiger partial charge in [-0.05, 0) is 131 Å². The molecule has 2 aliphatic carbocycles. The zero-order valence-corrected chi connectivity index (χ0v) is 39.0. The van der Waals surface area contributed by atoms with Crippen molar-refractivity contribution in [3.05, 3.63) is 161 Å². The van der Waals surface area contributed by atoms with Gasteiger partial charge in [-0.2, -0.15) is 0 Å². The molecule has 334 valence electrons. The molecule has 0 atom stereocenters. The minimum absolute atomic E-state index is 0.0738. The Bertz CT molecular complexity index is 3630. The highest BCUT2D eigenvalue weighted by atomic mass is 16.3. The zero-order valence-electron chi connectivity index (χ0n) is 39.0. The molecule has 70 heavy (non-hydrogen) atoms. The summed E-state index contributed by atoms with van der Waals surface area (Å²) in [6.45, 7) is 10.3. The summed E-state index contributed by atoms with van der Waals surface area (Å²) in [7, 11) is 20.0. The molecule has 0 spiro atoms. The van der Waals surface area contributed by atoms with E-state index in [1.54, 1.807) is 4.90 Å². The molecule has 0 saturated heterocycles. The molecular weight excluding hydrogens is 865 g/mol. The van der Waals surface area contributed by atoms with Crippen molar-refractivity contribution >= 4 is 106 Å². The lowest BCUT2D eigenvalue weighted by Gasteiger charge is -2.33. The maximum absolute atomic E-state index is 12.0. The van der Waals surface area contributed by atoms with Crippen molar-refractivity contribution < 1.29 is 30.6 Å². The Kier molecular flexibility index (Phi) is 9.04. The smallest absolute Gasteiger partial charge is 0.199 e. The Morgan fingerprint density at radius 2 is 0.800 bits per heavy atom. The highest BCUT2D eigenvalue weighted by Gasteiger charge is 2.39. The molecule has 0 amide bonds. The average molecular weight is 908 g/mol. The molecule has 6 N–H and O–H groups in total. The van der Waals surface area contributed by atoms with Crippen LogP contribution >= 0.6 is 0 Å². The van der Waals surface area contributed by atoms with Crippen LogP contribution in [0.25, 0.3) is 54.6 Å². The lowest BCUT2D eigenvalue weighted by molar-refractivity contribution is 0.372. The molecule has 10 aromatic rings. The summed E-state index contributed by atoms with van der Waals surface area (Å²) in [4.78, 5) is 3.58. The number of phenols is 6. The highest BCUT2D eigenvalue weighted by Crippen LogP contribution is 2.56. The number of rotatable bonds is 6. The predicted molar refractivity (Wildman–Crippen MR) is 286 cm³/mol. The first kappa shape index (κ1) is 43.1. The van der Waals surface area contributed by atoms with E-state index in [1.165, 1.54) is 18.1 Å². The molecule has 0 saturated carbocycles. The van der Waals surface area contributed by atoms with E-state index in [0.717, 1.165) is 65.7 Å². The lowest BCUT2D eigenvalue weighted by atomic mass is 9.80. The number of benzene rings is 10. The summed E-state index contributed by atoms with van der Waals surface area (Å²) in [6.07, 6.45) is 0. The quantitative estimate of drug-likeness (QED) is 0.0421. The van der Waals surface area contributed by atoms with Crippen molar-refractivity contribution in [3.8, 4) is 56.8 Å². The van der Waals surface area contributed by atoms with Crippen LogP contribution in [-0.4, -0.2) is 54.2 Å². The molecular formula is C59H43B3N2O6. The molecule has 0 unspecified atom stereocenters. The summed E-state index contributed by atoms with van der Waals surface area (Å²) < 4.78 is 0. The molecule has 2 aliphatic rings. The summed E-state index contributed by atoms with van der Waals surface area (Å²) in [5.74, 6) is -3.63. The first-order valence-corrected chi connectivity index (χ1v) is 23.1. The Labute approximate surface area is 408 Å². The van der Waals surface area contributed by atoms with Gasteiger partial charge < -0.3 is 40.4 Å². The van der Waals surface area contributed by atoms with Gasteiger partial charge in [-0.1, -0.05) is 125 Å². The van der Waals surface area contributed by atoms with E-state index in [0.29, 0.717) is 22.7 Å². The van der Waals surface area contributed by atoms with Crippen LogP contribution in [-0.2, 0) is 10.8 Å². The van der Waals surface area contributed by atoms with E-state index in [-0.39, 0.29) is 33.3 Å². The topological polar surface area (TPSA) is 128 Å². The van der Waals surface area contributed by atoms with Gasteiger partial charge >= 0.3 is 0 Å². The Morgan fingerprint density at radius 1 is 0.386 bits per heavy atom. The second-order valence-corrected chi connectivity index (χ2v) is 19.7. The molecule has 8 nitrogen and oxygen atoms in total. The van der Waals surface area contributed by atoms with Crippen molar-refractivity contribution in [2.24, 2.45) is 0 Å². The van der Waals surface area contributed by atoms with Gasteiger partial charge in [-0.15, -0.1) is 0 Å². The van der Waals surface area contributed by atoms with E-state index in [4.69, 9.17) is 23.5 Å². The van der Waals surface area contributed by atoms with Crippen LogP contribution in [0.4, 0.5) is 34.1 Å². The van der Waals surface area contributed by atoms with Gasteiger partial charge in [0.15, 0.2) is 28.7 Å². The standard InChI is InChI=1S/C59H43B3N2O6/c1-28-47(60)53(66)51(56(69)52(28)65)64(32-19-23-36-34-11-7-9-13-40(34)59(4,5)42(36)27-32)44-25-17-30-14-20-37-43(24-16-29-15-21-38(44)46(30)45(29)37)63(50-48(61)54(67)57(70)55(68)49(50)62)31-18-22-35-33-10-6-8-12-39(33)58(2,3)41(35)26-31/h6-27,65-70H,1-5H3. The lowest BCUT2D eigenvalue weighted by Crippen LogP contribution is -2.28. The van der Waals surface area contributed by atoms with Crippen LogP contribution in [0.15, 0.2) is 133 Å². The third kappa shape index (κ3) is 5.63. The first-order chi connectivity index (χ1) is 33.4. The molecule has 0 fully saturated rings. The van der Waals surface area contributed by atoms with Crippen molar-refractivity contribution in [2.45, 2.75) is 45.4 Å². The van der Waals surface area contributed by atoms with Gasteiger partial charge in [0.2, 0.25) is 0 Å². The third-order valence-corrected chi connectivity index (χ3v) is 15.4. The second kappa shape index (κ2) is 14.7. The third-order valence-electron chi connectivity index (χ3n) is 15.4. The van der Waals surface area contributed by atoms with Gasteiger partial charge in [0, 0.05) is 38.7 Å². The molecule has 6 radical (unpaired) electrons. The fraction of sp³-hybridized carbons (Fsp3) is 0.119. The van der Waals surface area contributed by atoms with E-state index >= 15 is 0 Å². The number of fused-ring (bicyclic) bond motifs is 6.